The predicted octanol–water partition coefficient (Wildman–Crippen LogP) is -3.55. The first-order valence-electron chi connectivity index (χ1n) is 19.3. The Kier molecular flexibility index (Phi) is 19.1. The van der Waals surface area contributed by atoms with Crippen LogP contribution in [-0.4, -0.2) is 142 Å². The molecule has 0 saturated heterocycles. The van der Waals surface area contributed by atoms with Gasteiger partial charge in [0, 0.05) is 17.7 Å². The van der Waals surface area contributed by atoms with Crippen LogP contribution < -0.4 is 48.9 Å². The van der Waals surface area contributed by atoms with E-state index in [4.69, 9.17) is 11.5 Å². The first-order valence-corrected chi connectivity index (χ1v) is 19.3. The molecule has 0 bridgehead atoms. The lowest BCUT2D eigenvalue weighted by Gasteiger charge is -2.24. The van der Waals surface area contributed by atoms with Gasteiger partial charge >= 0.3 is 29.8 Å². The molecule has 28 nitrogen and oxygen atoms in total. The number of fused-ring (bicyclic) bond motifs is 1. The second-order valence-corrected chi connectivity index (χ2v) is 14.0. The number of nitrogens with zero attached hydrogens (tertiary/aromatic N) is 3. The Morgan fingerprint density at radius 1 is 0.646 bits per heavy atom. The Labute approximate surface area is 365 Å². The van der Waals surface area contributed by atoms with Crippen molar-refractivity contribution in [1.29, 1.82) is 0 Å². The molecule has 16 N–H and O–H groups in total. The minimum absolute atomic E-state index is 0.00258. The average Bonchev–Trinajstić information content (AvgIpc) is 3.22. The first-order chi connectivity index (χ1) is 30.7. The number of nitrogens with one attached hydrogen (secondary N) is 7. The summed E-state index contributed by atoms with van der Waals surface area (Å²) >= 11 is 0. The number of aromatic amines is 1. The SMILES string of the molecule is NCCCC[C@H](NC(=O)[C@H](CC(=O)O)NC(=O)[C@H](CC(=O)O)NC(=O)[C@H](CC(=O)O)NC(=O)CC[C@H](NC(=O)c1ccc(NCc2cnc3nc(N)[nH]c(=O)c3n2)cc1)C(=O)O)C(=O)O. The number of carbonyl (C=O) groups excluding carboxylic acids is 5. The van der Waals surface area contributed by atoms with Crippen molar-refractivity contribution in [3.63, 3.8) is 0 Å². The van der Waals surface area contributed by atoms with Crippen molar-refractivity contribution in [2.45, 2.75) is 88.1 Å². The summed E-state index contributed by atoms with van der Waals surface area (Å²) in [5.41, 5.74) is 11.2. The van der Waals surface area contributed by atoms with Gasteiger partial charge in [-0.3, -0.25) is 48.1 Å². The van der Waals surface area contributed by atoms with Crippen LogP contribution in [0.1, 0.15) is 67.4 Å². The van der Waals surface area contributed by atoms with Crippen LogP contribution in [-0.2, 0) is 49.7 Å². The van der Waals surface area contributed by atoms with Gasteiger partial charge in [0.25, 0.3) is 11.5 Å². The molecule has 350 valence electrons. The number of anilines is 2. The molecular formula is C37H46N12O16. The number of carbonyl (C=O) groups is 10. The third-order valence-corrected chi connectivity index (χ3v) is 8.99. The van der Waals surface area contributed by atoms with Crippen molar-refractivity contribution < 1.29 is 73.5 Å². The molecule has 28 heteroatoms. The molecule has 0 aliphatic heterocycles. The number of nitrogens with two attached hydrogens (primary N) is 2. The Morgan fingerprint density at radius 3 is 1.66 bits per heavy atom. The molecule has 3 rings (SSSR count). The topological polar surface area (TPSA) is 468 Å². The summed E-state index contributed by atoms with van der Waals surface area (Å²) in [4.78, 5) is 150. The summed E-state index contributed by atoms with van der Waals surface area (Å²) in [6, 6.07) is -3.67. The number of H-pyrrole nitrogens is 1. The van der Waals surface area contributed by atoms with Crippen LogP contribution in [0.4, 0.5) is 11.6 Å². The third kappa shape index (κ3) is 16.8. The molecule has 0 aliphatic carbocycles. The molecule has 5 amide bonds. The number of hydrogen-bond donors (Lipinski definition) is 14. The van der Waals surface area contributed by atoms with Gasteiger partial charge in [-0.15, -0.1) is 0 Å². The molecule has 2 aromatic heterocycles. The van der Waals surface area contributed by atoms with E-state index >= 15 is 0 Å². The number of unbranched alkanes of at least 4 members (excludes halogenated alkanes) is 1. The first kappa shape index (κ1) is 51.1. The summed E-state index contributed by atoms with van der Waals surface area (Å²) in [5, 5.41) is 60.7. The van der Waals surface area contributed by atoms with E-state index in [2.05, 4.69) is 35.9 Å². The van der Waals surface area contributed by atoms with Crippen molar-refractivity contribution >= 4 is 82.2 Å². The molecule has 0 unspecified atom stereocenters. The number of benzene rings is 1. The maximum atomic E-state index is 13.2. The minimum Gasteiger partial charge on any atom is -0.481 e. The van der Waals surface area contributed by atoms with E-state index in [1.54, 1.807) is 0 Å². The molecule has 0 aliphatic rings. The third-order valence-electron chi connectivity index (χ3n) is 8.99. The van der Waals surface area contributed by atoms with E-state index < -0.39 is 127 Å². The summed E-state index contributed by atoms with van der Waals surface area (Å²) < 4.78 is 0. The van der Waals surface area contributed by atoms with E-state index in [1.165, 1.54) is 30.5 Å². The molecule has 5 atom stereocenters. The largest absolute Gasteiger partial charge is 0.481 e. The highest BCUT2D eigenvalue weighted by Crippen LogP contribution is 2.13. The number of rotatable bonds is 27. The Morgan fingerprint density at radius 2 is 1.15 bits per heavy atom. The second kappa shape index (κ2) is 24.4. The van der Waals surface area contributed by atoms with Crippen LogP contribution >= 0.6 is 0 Å². The summed E-state index contributed by atoms with van der Waals surface area (Å²) in [7, 11) is 0. The zero-order valence-electron chi connectivity index (χ0n) is 34.1. The Bertz CT molecular complexity index is 2340. The smallest absolute Gasteiger partial charge is 0.326 e. The number of aromatic nitrogens is 4. The van der Waals surface area contributed by atoms with Gasteiger partial charge in [-0.1, -0.05) is 0 Å². The second-order valence-electron chi connectivity index (χ2n) is 14.0. The molecule has 0 spiro atoms. The molecular weight excluding hydrogens is 868 g/mol. The Hall–Kier alpha value is -8.30. The van der Waals surface area contributed by atoms with Crippen LogP contribution in [0.3, 0.4) is 0 Å². The van der Waals surface area contributed by atoms with Gasteiger partial charge < -0.3 is 68.9 Å². The van der Waals surface area contributed by atoms with Crippen LogP contribution in [0.15, 0.2) is 35.3 Å². The van der Waals surface area contributed by atoms with Crippen molar-refractivity contribution in [1.82, 2.24) is 46.5 Å². The van der Waals surface area contributed by atoms with E-state index in [0.29, 0.717) is 17.8 Å². The van der Waals surface area contributed by atoms with Gasteiger partial charge in [-0.05, 0) is 56.5 Å². The summed E-state index contributed by atoms with van der Waals surface area (Å²) in [5.74, 6) is -14.4. The molecule has 0 saturated carbocycles. The highest BCUT2D eigenvalue weighted by atomic mass is 16.4. The van der Waals surface area contributed by atoms with Gasteiger partial charge in [0.15, 0.2) is 11.2 Å². The quantitative estimate of drug-likeness (QED) is 0.0329. The molecule has 2 heterocycles. The van der Waals surface area contributed by atoms with Crippen LogP contribution in [0, 0.1) is 0 Å². The number of carboxylic acids is 5. The van der Waals surface area contributed by atoms with E-state index in [0.717, 1.165) is 0 Å². The fraction of sp³-hybridized carbons (Fsp3) is 0.405. The molecule has 0 fully saturated rings. The van der Waals surface area contributed by atoms with Crippen molar-refractivity contribution in [3.05, 3.63) is 52.1 Å². The normalized spacial score (nSPS) is 13.1. The van der Waals surface area contributed by atoms with E-state index in [-0.39, 0.29) is 48.6 Å². The number of aliphatic carboxylic acids is 5. The van der Waals surface area contributed by atoms with Gasteiger partial charge in [0.2, 0.25) is 29.6 Å². The fourth-order valence-corrected chi connectivity index (χ4v) is 5.75. The highest BCUT2D eigenvalue weighted by Gasteiger charge is 2.34. The minimum atomic E-state index is -2.11. The van der Waals surface area contributed by atoms with Gasteiger partial charge in [0.1, 0.15) is 30.2 Å². The zero-order valence-corrected chi connectivity index (χ0v) is 34.1. The monoisotopic (exact) mass is 914 g/mol. The lowest BCUT2D eigenvalue weighted by molar-refractivity contribution is -0.145. The molecule has 0 radical (unpaired) electrons. The summed E-state index contributed by atoms with van der Waals surface area (Å²) in [6.45, 7) is 0.308. The lowest BCUT2D eigenvalue weighted by Crippen LogP contribution is -2.58. The van der Waals surface area contributed by atoms with Crippen molar-refractivity contribution in [2.75, 3.05) is 17.6 Å². The molecule has 3 aromatic rings. The number of carboxylic acid groups (broad SMARTS) is 5. The lowest BCUT2D eigenvalue weighted by atomic mass is 10.1. The number of hydrogen-bond acceptors (Lipinski definition) is 17. The fourth-order valence-electron chi connectivity index (χ4n) is 5.75. The van der Waals surface area contributed by atoms with Gasteiger partial charge in [-0.25, -0.2) is 19.6 Å². The summed E-state index contributed by atoms with van der Waals surface area (Å²) in [6.07, 6.45) is -2.87. The average molecular weight is 915 g/mol. The van der Waals surface area contributed by atoms with Crippen LogP contribution in [0.2, 0.25) is 0 Å². The highest BCUT2D eigenvalue weighted by molar-refractivity contribution is 5.99. The maximum Gasteiger partial charge on any atom is 0.326 e. The Balaban J connectivity index is 1.63. The van der Waals surface area contributed by atoms with Crippen molar-refractivity contribution in [2.24, 2.45) is 5.73 Å². The maximum absolute atomic E-state index is 13.2. The number of nitrogen functional groups attached to an aromatic ring is 1. The van der Waals surface area contributed by atoms with Crippen LogP contribution in [0.5, 0.6) is 0 Å². The van der Waals surface area contributed by atoms with Crippen molar-refractivity contribution in [3.8, 4) is 0 Å². The molecule has 1 aromatic carbocycles. The predicted molar refractivity (Wildman–Crippen MR) is 219 cm³/mol. The van der Waals surface area contributed by atoms with Gasteiger partial charge in [0.05, 0.1) is 37.7 Å². The standard InChI is InChI=1S/C37H46N12O16/c38-10-2-1-3-19(35(62)63)45-32(59)22(12-26(53)54)47-33(60)23(13-27(55)56)46-31(58)21(11-25(51)52)43-24(50)9-8-20(36(64)65)44-30(57)16-4-6-17(7-5-16)40-14-18-15-41-29-28(42-18)34(61)49-37(39)48-29/h4-7,15,19-23,40H,1-3,8-14,38H2,(H,43,50)(H,44,57)(H,45,59)(H,46,58)(H,47,60)(H,51,52)(H,53,54)(H,55,56)(H,62,63)(H,64,65)(H3,39,41,48,49,61)/t19-,20-,21-,22-,23-/m0/s1. The zero-order chi connectivity index (χ0) is 48.4. The van der Waals surface area contributed by atoms with Crippen LogP contribution in [0.25, 0.3) is 11.2 Å². The van der Waals surface area contributed by atoms with E-state index in [9.17, 15) is 78.3 Å². The molecule has 65 heavy (non-hydrogen) atoms. The van der Waals surface area contributed by atoms with E-state index in [1.807, 2.05) is 16.0 Å². The number of amides is 5. The van der Waals surface area contributed by atoms with Gasteiger partial charge in [-0.2, -0.15) is 4.98 Å².